The zero-order valence-corrected chi connectivity index (χ0v) is 14.9. The van der Waals surface area contributed by atoms with Gasteiger partial charge in [-0.1, -0.05) is 0 Å². The molecule has 0 saturated carbocycles. The number of ether oxygens (including phenoxy) is 2. The lowest BCUT2D eigenvalue weighted by Crippen LogP contribution is -2.37. The molecule has 7 heteroatoms. The van der Waals surface area contributed by atoms with Crippen molar-refractivity contribution in [3.63, 3.8) is 0 Å². The Morgan fingerprint density at radius 2 is 2.04 bits per heavy atom. The summed E-state index contributed by atoms with van der Waals surface area (Å²) < 4.78 is 10.0. The largest absolute Gasteiger partial charge is 0.462 e. The fraction of sp³-hybridized carbons (Fsp3) is 0.625. The minimum Gasteiger partial charge on any atom is -0.462 e. The van der Waals surface area contributed by atoms with Crippen molar-refractivity contribution in [1.29, 1.82) is 0 Å². The predicted molar refractivity (Wildman–Crippen MR) is 88.8 cm³/mol. The van der Waals surface area contributed by atoms with E-state index >= 15 is 0 Å². The fourth-order valence-corrected chi connectivity index (χ4v) is 2.67. The maximum atomic E-state index is 11.6. The maximum Gasteiger partial charge on any atom is 0.407 e. The number of carbonyl (C=O) groups excluding carboxylic acids is 2. The number of esters is 1. The summed E-state index contributed by atoms with van der Waals surface area (Å²) in [6.45, 7) is 7.58. The number of nitrogens with one attached hydrogen (secondary N) is 1. The monoisotopic (exact) mass is 343 g/mol. The van der Waals surface area contributed by atoms with Crippen LogP contribution in [0.2, 0.25) is 0 Å². The molecule has 0 bridgehead atoms. The van der Waals surface area contributed by atoms with Crippen LogP contribution in [0.25, 0.3) is 0 Å². The van der Waals surface area contributed by atoms with Gasteiger partial charge >= 0.3 is 12.1 Å². The molecule has 0 aromatic carbocycles. The van der Waals surface area contributed by atoms with E-state index in [0.29, 0.717) is 24.3 Å². The third-order valence-corrected chi connectivity index (χ3v) is 3.87. The number of rotatable bonds is 7. The van der Waals surface area contributed by atoms with Crippen LogP contribution in [0.5, 0.6) is 0 Å². The Bertz CT molecular complexity index is 521. The summed E-state index contributed by atoms with van der Waals surface area (Å²) in [5, 5.41) is 12.4. The first-order valence-corrected chi connectivity index (χ1v) is 8.43. The zero-order valence-electron chi connectivity index (χ0n) is 14.0. The lowest BCUT2D eigenvalue weighted by molar-refractivity contribution is 0.0487. The van der Waals surface area contributed by atoms with E-state index in [2.05, 4.69) is 5.32 Å². The van der Waals surface area contributed by atoms with E-state index in [1.807, 2.05) is 6.07 Å². The van der Waals surface area contributed by atoms with Crippen molar-refractivity contribution in [3.8, 4) is 0 Å². The average molecular weight is 343 g/mol. The Kier molecular flexibility index (Phi) is 7.51. The van der Waals surface area contributed by atoms with Crippen LogP contribution in [0.1, 0.15) is 48.7 Å². The van der Waals surface area contributed by atoms with Gasteiger partial charge in [-0.2, -0.15) is 0 Å². The summed E-state index contributed by atoms with van der Waals surface area (Å²) >= 11 is 1.36. The van der Waals surface area contributed by atoms with Crippen LogP contribution in [0.3, 0.4) is 0 Å². The molecule has 0 fully saturated rings. The van der Waals surface area contributed by atoms with Gasteiger partial charge in [-0.25, -0.2) is 9.59 Å². The first-order valence-electron chi connectivity index (χ1n) is 7.62. The Labute approximate surface area is 140 Å². The molecule has 0 radical (unpaired) electrons. The van der Waals surface area contributed by atoms with Crippen molar-refractivity contribution in [2.24, 2.45) is 0 Å². The summed E-state index contributed by atoms with van der Waals surface area (Å²) in [4.78, 5) is 24.6. The molecule has 1 aromatic heterocycles. The van der Waals surface area contributed by atoms with E-state index in [1.165, 1.54) is 11.3 Å². The molecular weight excluding hydrogens is 318 g/mol. The number of aliphatic hydroxyl groups excluding tert-OH is 1. The third kappa shape index (κ3) is 7.99. The first kappa shape index (κ1) is 19.4. The summed E-state index contributed by atoms with van der Waals surface area (Å²) in [7, 11) is 0. The molecular formula is C16H25NO5S. The molecule has 0 aliphatic heterocycles. The van der Waals surface area contributed by atoms with Gasteiger partial charge in [0.2, 0.25) is 0 Å². The maximum absolute atomic E-state index is 11.6. The van der Waals surface area contributed by atoms with Crippen LogP contribution in [-0.2, 0) is 15.9 Å². The molecule has 1 amide bonds. The third-order valence-electron chi connectivity index (χ3n) is 2.74. The van der Waals surface area contributed by atoms with E-state index < -0.39 is 17.8 Å². The second-order valence-electron chi connectivity index (χ2n) is 6.06. The minimum absolute atomic E-state index is 0.130. The van der Waals surface area contributed by atoms with Gasteiger partial charge in [-0.3, -0.25) is 0 Å². The number of thiophene rings is 1. The van der Waals surface area contributed by atoms with Crippen LogP contribution < -0.4 is 5.32 Å². The summed E-state index contributed by atoms with van der Waals surface area (Å²) in [6, 6.07) is 3.58. The Balaban J connectivity index is 2.32. The van der Waals surface area contributed by atoms with Crippen LogP contribution >= 0.6 is 11.3 Å². The van der Waals surface area contributed by atoms with Gasteiger partial charge in [-0.15, -0.1) is 11.3 Å². The lowest BCUT2D eigenvalue weighted by Gasteiger charge is -2.20. The highest BCUT2D eigenvalue weighted by atomic mass is 32.1. The summed E-state index contributed by atoms with van der Waals surface area (Å²) in [6.07, 6.45) is -0.104. The molecule has 1 unspecified atom stereocenters. The first-order chi connectivity index (χ1) is 10.7. The average Bonchev–Trinajstić information content (AvgIpc) is 2.90. The smallest absolute Gasteiger partial charge is 0.407 e. The predicted octanol–water partition coefficient (Wildman–Crippen LogP) is 2.74. The van der Waals surface area contributed by atoms with Crippen molar-refractivity contribution in [3.05, 3.63) is 21.9 Å². The zero-order chi connectivity index (χ0) is 17.5. The molecule has 1 aromatic rings. The second-order valence-corrected chi connectivity index (χ2v) is 7.23. The topological polar surface area (TPSA) is 84.9 Å². The minimum atomic E-state index is -0.671. The second kappa shape index (κ2) is 8.88. The highest BCUT2D eigenvalue weighted by Crippen LogP contribution is 2.19. The summed E-state index contributed by atoms with van der Waals surface area (Å²) in [5.41, 5.74) is -0.560. The van der Waals surface area contributed by atoms with Gasteiger partial charge in [-0.05, 0) is 52.7 Å². The Morgan fingerprint density at radius 3 is 2.65 bits per heavy atom. The van der Waals surface area contributed by atoms with Gasteiger partial charge in [0.15, 0.2) is 0 Å². The van der Waals surface area contributed by atoms with Crippen molar-refractivity contribution in [2.45, 2.75) is 52.2 Å². The van der Waals surface area contributed by atoms with E-state index in [9.17, 15) is 14.7 Å². The quantitative estimate of drug-likeness (QED) is 0.744. The van der Waals surface area contributed by atoms with Crippen LogP contribution in [0.15, 0.2) is 12.1 Å². The van der Waals surface area contributed by atoms with Crippen molar-refractivity contribution in [1.82, 2.24) is 5.32 Å². The highest BCUT2D eigenvalue weighted by Gasteiger charge is 2.17. The molecule has 1 rings (SSSR count). The number of aliphatic hydroxyl groups is 1. The number of amides is 1. The van der Waals surface area contributed by atoms with Crippen molar-refractivity contribution >= 4 is 23.4 Å². The number of hydrogen-bond acceptors (Lipinski definition) is 6. The van der Waals surface area contributed by atoms with E-state index in [0.717, 1.165) is 4.88 Å². The molecule has 0 spiro atoms. The van der Waals surface area contributed by atoms with Crippen LogP contribution in [0.4, 0.5) is 4.79 Å². The standard InChI is InChI=1S/C16H25NO5S/c1-5-21-14(19)13-9-8-12(23-13)7-6-11(18)10-17-15(20)22-16(2,3)4/h8-9,11,18H,5-7,10H2,1-4H3,(H,17,20). The number of hydrogen-bond donors (Lipinski definition) is 2. The molecule has 0 saturated heterocycles. The molecule has 0 aliphatic carbocycles. The van der Waals surface area contributed by atoms with Crippen molar-refractivity contribution < 1.29 is 24.2 Å². The number of alkyl carbamates (subject to hydrolysis) is 1. The molecule has 130 valence electrons. The summed E-state index contributed by atoms with van der Waals surface area (Å²) in [5.74, 6) is -0.323. The van der Waals surface area contributed by atoms with Gasteiger partial charge in [0, 0.05) is 11.4 Å². The van der Waals surface area contributed by atoms with Gasteiger partial charge < -0.3 is 19.9 Å². The van der Waals surface area contributed by atoms with Gasteiger partial charge in [0.25, 0.3) is 0 Å². The molecule has 2 N–H and O–H groups in total. The number of aryl methyl sites for hydroxylation is 1. The van der Waals surface area contributed by atoms with Gasteiger partial charge in [0.1, 0.15) is 10.5 Å². The Hall–Kier alpha value is -1.60. The molecule has 23 heavy (non-hydrogen) atoms. The molecule has 1 heterocycles. The molecule has 6 nitrogen and oxygen atoms in total. The highest BCUT2D eigenvalue weighted by molar-refractivity contribution is 7.13. The Morgan fingerprint density at radius 1 is 1.35 bits per heavy atom. The molecule has 0 aliphatic rings. The van der Waals surface area contributed by atoms with E-state index in [-0.39, 0.29) is 12.5 Å². The fourth-order valence-electron chi connectivity index (χ4n) is 1.75. The van der Waals surface area contributed by atoms with Crippen molar-refractivity contribution in [2.75, 3.05) is 13.2 Å². The van der Waals surface area contributed by atoms with Crippen LogP contribution in [0, 0.1) is 0 Å². The number of carbonyl (C=O) groups is 2. The van der Waals surface area contributed by atoms with E-state index in [4.69, 9.17) is 9.47 Å². The van der Waals surface area contributed by atoms with Gasteiger partial charge in [0.05, 0.1) is 12.7 Å². The van der Waals surface area contributed by atoms with Crippen LogP contribution in [-0.4, -0.2) is 42.0 Å². The SMILES string of the molecule is CCOC(=O)c1ccc(CCC(O)CNC(=O)OC(C)(C)C)s1. The lowest BCUT2D eigenvalue weighted by atomic mass is 10.2. The molecule has 1 atom stereocenters. The van der Waals surface area contributed by atoms with E-state index in [1.54, 1.807) is 33.8 Å². The normalized spacial score (nSPS) is 12.6.